The molecule has 1 aliphatic rings. The molecule has 19 heavy (non-hydrogen) atoms. The number of hydrogen-bond donors (Lipinski definition) is 0. The molecule has 5 nitrogen and oxygen atoms in total. The van der Waals surface area contributed by atoms with Crippen LogP contribution < -0.4 is 19.1 Å². The number of nitrogens with zero attached hydrogens (tertiary/aromatic N) is 1. The molecular formula is C13H16BrNO4. The first-order chi connectivity index (χ1) is 9.24. The number of carbonyl (C=O) groups is 1. The first kappa shape index (κ1) is 14.0. The number of aldehydes is 1. The van der Waals surface area contributed by atoms with Crippen molar-refractivity contribution in [1.82, 2.24) is 0 Å². The minimum Gasteiger partial charge on any atom is -0.496 e. The van der Waals surface area contributed by atoms with Crippen LogP contribution in [0.4, 0.5) is 5.69 Å². The summed E-state index contributed by atoms with van der Waals surface area (Å²) in [4.78, 5) is 13.1. The monoisotopic (exact) mass is 329 g/mol. The van der Waals surface area contributed by atoms with Crippen molar-refractivity contribution in [3.8, 4) is 17.2 Å². The van der Waals surface area contributed by atoms with Crippen LogP contribution in [0.2, 0.25) is 0 Å². The fourth-order valence-electron chi connectivity index (χ4n) is 2.10. The molecule has 0 N–H and O–H groups in total. The van der Waals surface area contributed by atoms with Gasteiger partial charge in [-0.05, 0) is 6.42 Å². The van der Waals surface area contributed by atoms with Crippen LogP contribution in [0.15, 0.2) is 12.1 Å². The molecule has 1 atom stereocenters. The van der Waals surface area contributed by atoms with Gasteiger partial charge < -0.3 is 19.1 Å². The van der Waals surface area contributed by atoms with E-state index in [0.717, 1.165) is 23.7 Å². The molecule has 0 spiro atoms. The molecule has 1 aromatic rings. The number of rotatable bonds is 6. The summed E-state index contributed by atoms with van der Waals surface area (Å²) < 4.78 is 16.2. The van der Waals surface area contributed by atoms with Crippen molar-refractivity contribution in [2.45, 2.75) is 12.6 Å². The topological polar surface area (TPSA) is 48.0 Å². The van der Waals surface area contributed by atoms with Gasteiger partial charge in [0, 0.05) is 24.0 Å². The van der Waals surface area contributed by atoms with E-state index < -0.39 is 6.23 Å². The van der Waals surface area contributed by atoms with E-state index in [1.807, 2.05) is 4.90 Å². The van der Waals surface area contributed by atoms with Crippen LogP contribution in [0.1, 0.15) is 6.42 Å². The zero-order valence-electron chi connectivity index (χ0n) is 10.9. The third-order valence-electron chi connectivity index (χ3n) is 2.96. The Labute approximate surface area is 120 Å². The number of benzene rings is 1. The molecule has 0 saturated heterocycles. The van der Waals surface area contributed by atoms with E-state index in [-0.39, 0.29) is 0 Å². The second-order valence-corrected chi connectivity index (χ2v) is 4.85. The standard InChI is InChI=1S/C13H16BrNO4/c1-17-9-6-10(18-2)13-11(7-9)19-12(8-16)15(13)5-3-4-14/h6-8,12H,3-5H2,1-2H3. The third-order valence-corrected chi connectivity index (χ3v) is 3.52. The Balaban J connectivity index is 2.41. The van der Waals surface area contributed by atoms with E-state index in [9.17, 15) is 4.79 Å². The predicted octanol–water partition coefficient (Wildman–Crippen LogP) is 2.21. The van der Waals surface area contributed by atoms with Crippen molar-refractivity contribution in [3.63, 3.8) is 0 Å². The number of ether oxygens (including phenoxy) is 3. The number of fused-ring (bicyclic) bond motifs is 1. The highest BCUT2D eigenvalue weighted by molar-refractivity contribution is 9.09. The SMILES string of the molecule is COc1cc(OC)c2c(c1)OC(C=O)N2CCCBr. The van der Waals surface area contributed by atoms with E-state index in [4.69, 9.17) is 14.2 Å². The Morgan fingerprint density at radius 2 is 2.21 bits per heavy atom. The summed E-state index contributed by atoms with van der Waals surface area (Å²) in [6.45, 7) is 0.713. The summed E-state index contributed by atoms with van der Waals surface area (Å²) in [6.07, 6.45) is 1.10. The summed E-state index contributed by atoms with van der Waals surface area (Å²) in [5.41, 5.74) is 0.807. The average molecular weight is 330 g/mol. The summed E-state index contributed by atoms with van der Waals surface area (Å²) >= 11 is 3.39. The van der Waals surface area contributed by atoms with Crippen molar-refractivity contribution in [2.24, 2.45) is 0 Å². The lowest BCUT2D eigenvalue weighted by atomic mass is 10.2. The number of methoxy groups -OCH3 is 2. The lowest BCUT2D eigenvalue weighted by molar-refractivity contribution is -0.113. The Morgan fingerprint density at radius 3 is 2.79 bits per heavy atom. The second-order valence-electron chi connectivity index (χ2n) is 4.06. The second kappa shape index (κ2) is 6.14. The van der Waals surface area contributed by atoms with E-state index in [1.165, 1.54) is 0 Å². The lowest BCUT2D eigenvalue weighted by Crippen LogP contribution is -2.36. The Morgan fingerprint density at radius 1 is 1.42 bits per heavy atom. The van der Waals surface area contributed by atoms with Crippen LogP contribution in [-0.2, 0) is 4.79 Å². The maximum atomic E-state index is 11.2. The lowest BCUT2D eigenvalue weighted by Gasteiger charge is -2.22. The minimum atomic E-state index is -0.602. The highest BCUT2D eigenvalue weighted by atomic mass is 79.9. The van der Waals surface area contributed by atoms with Gasteiger partial charge in [-0.2, -0.15) is 0 Å². The van der Waals surface area contributed by atoms with Gasteiger partial charge in [-0.15, -0.1) is 0 Å². The average Bonchev–Trinajstić information content (AvgIpc) is 2.81. The van der Waals surface area contributed by atoms with Gasteiger partial charge in [-0.25, -0.2) is 0 Å². The van der Waals surface area contributed by atoms with Crippen LogP contribution in [-0.4, -0.2) is 38.6 Å². The molecule has 0 fully saturated rings. The van der Waals surface area contributed by atoms with Crippen LogP contribution in [0, 0.1) is 0 Å². The van der Waals surface area contributed by atoms with E-state index in [0.29, 0.717) is 23.8 Å². The zero-order chi connectivity index (χ0) is 13.8. The zero-order valence-corrected chi connectivity index (χ0v) is 12.5. The summed E-state index contributed by atoms with van der Waals surface area (Å²) in [5.74, 6) is 1.90. The van der Waals surface area contributed by atoms with Crippen LogP contribution in [0.25, 0.3) is 0 Å². The molecule has 1 aliphatic heterocycles. The molecule has 0 amide bonds. The quantitative estimate of drug-likeness (QED) is 0.591. The van der Waals surface area contributed by atoms with Crippen molar-refractivity contribution in [3.05, 3.63) is 12.1 Å². The minimum absolute atomic E-state index is 0.602. The molecule has 0 bridgehead atoms. The van der Waals surface area contributed by atoms with Crippen molar-refractivity contribution in [2.75, 3.05) is 31.0 Å². The smallest absolute Gasteiger partial charge is 0.229 e. The van der Waals surface area contributed by atoms with Gasteiger partial charge in [0.25, 0.3) is 0 Å². The first-order valence-corrected chi connectivity index (χ1v) is 7.08. The fraction of sp³-hybridized carbons (Fsp3) is 0.462. The molecule has 0 radical (unpaired) electrons. The van der Waals surface area contributed by atoms with Crippen LogP contribution in [0.5, 0.6) is 17.2 Å². The maximum absolute atomic E-state index is 11.2. The third kappa shape index (κ3) is 2.63. The van der Waals surface area contributed by atoms with Gasteiger partial charge in [-0.3, -0.25) is 4.79 Å². The van der Waals surface area contributed by atoms with Gasteiger partial charge in [0.05, 0.1) is 14.2 Å². The van der Waals surface area contributed by atoms with Gasteiger partial charge in [0.15, 0.2) is 12.0 Å². The molecule has 1 heterocycles. The van der Waals surface area contributed by atoms with Gasteiger partial charge in [0.2, 0.25) is 6.23 Å². The fourth-order valence-corrected chi connectivity index (χ4v) is 2.35. The van der Waals surface area contributed by atoms with E-state index in [1.54, 1.807) is 26.4 Å². The number of hydrogen-bond acceptors (Lipinski definition) is 5. The van der Waals surface area contributed by atoms with E-state index in [2.05, 4.69) is 15.9 Å². The van der Waals surface area contributed by atoms with Gasteiger partial charge in [-0.1, -0.05) is 15.9 Å². The summed E-state index contributed by atoms with van der Waals surface area (Å²) in [6, 6.07) is 3.55. The Bertz CT molecular complexity index is 466. The molecule has 0 aromatic heterocycles. The highest BCUT2D eigenvalue weighted by Crippen LogP contribution is 2.46. The molecule has 0 saturated carbocycles. The Kier molecular flexibility index (Phi) is 4.52. The normalized spacial score (nSPS) is 16.8. The molecule has 0 aliphatic carbocycles. The Hall–Kier alpha value is -1.43. The molecular weight excluding hydrogens is 314 g/mol. The van der Waals surface area contributed by atoms with E-state index >= 15 is 0 Å². The van der Waals surface area contributed by atoms with Crippen molar-refractivity contribution < 1.29 is 19.0 Å². The number of alkyl halides is 1. The largest absolute Gasteiger partial charge is 0.496 e. The van der Waals surface area contributed by atoms with Crippen LogP contribution >= 0.6 is 15.9 Å². The molecule has 104 valence electrons. The number of halogens is 1. The molecule has 1 aromatic carbocycles. The summed E-state index contributed by atoms with van der Waals surface area (Å²) in [7, 11) is 3.17. The maximum Gasteiger partial charge on any atom is 0.229 e. The van der Waals surface area contributed by atoms with Gasteiger partial charge >= 0.3 is 0 Å². The number of carbonyl (C=O) groups excluding carboxylic acids is 1. The molecule has 6 heteroatoms. The van der Waals surface area contributed by atoms with Crippen molar-refractivity contribution in [1.29, 1.82) is 0 Å². The summed E-state index contributed by atoms with van der Waals surface area (Å²) in [5, 5.41) is 0.864. The molecule has 1 unspecified atom stereocenters. The highest BCUT2D eigenvalue weighted by Gasteiger charge is 2.33. The van der Waals surface area contributed by atoms with Crippen molar-refractivity contribution >= 4 is 27.9 Å². The molecule has 2 rings (SSSR count). The predicted molar refractivity (Wildman–Crippen MR) is 75.8 cm³/mol. The number of anilines is 1. The van der Waals surface area contributed by atoms with Gasteiger partial charge in [0.1, 0.15) is 17.2 Å². The van der Waals surface area contributed by atoms with Crippen LogP contribution in [0.3, 0.4) is 0 Å². The first-order valence-electron chi connectivity index (χ1n) is 5.95.